The molecule has 12 rings (SSSR count). The third-order valence-electron chi connectivity index (χ3n) is 11.0. The summed E-state index contributed by atoms with van der Waals surface area (Å²) in [4.78, 5) is 10.6. The van der Waals surface area contributed by atoms with E-state index in [1.165, 1.54) is 65.6 Å². The van der Waals surface area contributed by atoms with E-state index < -0.39 is 0 Å². The second kappa shape index (κ2) is 10.3. The number of nitrogens with zero attached hydrogens (tertiary/aromatic N) is 4. The third-order valence-corrected chi connectivity index (χ3v) is 11.0. The molecule has 4 nitrogen and oxygen atoms in total. The molecule has 4 heteroatoms. The molecule has 8 aromatic carbocycles. The first-order chi connectivity index (χ1) is 25.8. The van der Waals surface area contributed by atoms with Crippen LogP contribution in [0.15, 0.2) is 170 Å². The molecule has 0 fully saturated rings. The Balaban J connectivity index is 1.27. The fraction of sp³-hybridized carbons (Fsp3) is 0. The SMILES string of the molecule is c1ccc(-c2ccc3c4ccc(-c5ccccc5)cc4n(-c4cc5c6nc7ccccc7nc6n6c7ccc8ccccc8c7c(c4)c56)c3c2)cc1. The van der Waals surface area contributed by atoms with Crippen LogP contribution in [0.4, 0.5) is 0 Å². The second-order valence-corrected chi connectivity index (χ2v) is 13.8. The van der Waals surface area contributed by atoms with Crippen molar-refractivity contribution >= 4 is 82.0 Å². The van der Waals surface area contributed by atoms with E-state index in [4.69, 9.17) is 9.97 Å². The predicted octanol–water partition coefficient (Wildman–Crippen LogP) is 12.4. The Hall–Kier alpha value is -7.04. The quantitative estimate of drug-likeness (QED) is 0.189. The number of benzene rings is 8. The van der Waals surface area contributed by atoms with E-state index in [0.717, 1.165) is 44.3 Å². The summed E-state index contributed by atoms with van der Waals surface area (Å²) in [5.41, 5.74) is 14.1. The molecule has 0 aliphatic rings. The van der Waals surface area contributed by atoms with Gasteiger partial charge in [-0.3, -0.25) is 4.40 Å². The highest BCUT2D eigenvalue weighted by Gasteiger charge is 2.24. The van der Waals surface area contributed by atoms with E-state index in [1.54, 1.807) is 0 Å². The van der Waals surface area contributed by atoms with Gasteiger partial charge in [-0.1, -0.05) is 127 Å². The smallest absolute Gasteiger partial charge is 0.165 e. The normalized spacial score (nSPS) is 12.2. The highest BCUT2D eigenvalue weighted by atomic mass is 15.0. The summed E-state index contributed by atoms with van der Waals surface area (Å²) in [5.74, 6) is 0. The van der Waals surface area contributed by atoms with Crippen molar-refractivity contribution in [2.24, 2.45) is 0 Å². The Bertz CT molecular complexity index is 3280. The van der Waals surface area contributed by atoms with Crippen molar-refractivity contribution in [3.63, 3.8) is 0 Å². The van der Waals surface area contributed by atoms with E-state index in [9.17, 15) is 0 Å². The summed E-state index contributed by atoms with van der Waals surface area (Å²) in [6, 6.07) is 61.3. The van der Waals surface area contributed by atoms with Gasteiger partial charge >= 0.3 is 0 Å². The summed E-state index contributed by atoms with van der Waals surface area (Å²) in [7, 11) is 0. The van der Waals surface area contributed by atoms with Crippen molar-refractivity contribution in [2.45, 2.75) is 0 Å². The maximum Gasteiger partial charge on any atom is 0.165 e. The molecule has 0 saturated carbocycles. The Morgan fingerprint density at radius 3 is 1.67 bits per heavy atom. The van der Waals surface area contributed by atoms with Gasteiger partial charge < -0.3 is 4.57 Å². The van der Waals surface area contributed by atoms with Crippen molar-refractivity contribution < 1.29 is 0 Å². The van der Waals surface area contributed by atoms with Gasteiger partial charge in [0, 0.05) is 32.6 Å². The van der Waals surface area contributed by atoms with Crippen molar-refractivity contribution in [1.82, 2.24) is 18.9 Å². The number of fused-ring (bicyclic) bond motifs is 12. The van der Waals surface area contributed by atoms with Crippen LogP contribution in [0.25, 0.3) is 110 Å². The summed E-state index contributed by atoms with van der Waals surface area (Å²) < 4.78 is 4.82. The van der Waals surface area contributed by atoms with Gasteiger partial charge in [0.05, 0.1) is 33.1 Å². The van der Waals surface area contributed by atoms with Gasteiger partial charge in [-0.2, -0.15) is 0 Å². The minimum absolute atomic E-state index is 0.890. The lowest BCUT2D eigenvalue weighted by atomic mass is 10.0. The molecule has 52 heavy (non-hydrogen) atoms. The standard InChI is InChI=1S/C48H28N4/c1-3-11-29(12-4-1)32-19-22-36-37-23-20-33(30-13-5-2-6-14-30)26-44(37)51(43(36)25-32)34-27-38-45-35-16-8-7-15-31(35)21-24-42(45)52-47(38)39(28-34)46-48(52)50-41-18-10-9-17-40(41)49-46/h1-28H. The van der Waals surface area contributed by atoms with Crippen molar-refractivity contribution in [3.8, 4) is 27.9 Å². The van der Waals surface area contributed by atoms with E-state index in [-0.39, 0.29) is 0 Å². The predicted molar refractivity (Wildman–Crippen MR) is 217 cm³/mol. The van der Waals surface area contributed by atoms with Crippen LogP contribution in [-0.2, 0) is 0 Å². The van der Waals surface area contributed by atoms with Crippen LogP contribution in [0.3, 0.4) is 0 Å². The lowest BCUT2D eigenvalue weighted by Gasteiger charge is -2.11. The molecule has 0 aliphatic carbocycles. The Labute approximate surface area is 297 Å². The molecule has 0 N–H and O–H groups in total. The zero-order valence-corrected chi connectivity index (χ0v) is 28.0. The molecular weight excluding hydrogens is 633 g/mol. The van der Waals surface area contributed by atoms with Gasteiger partial charge in [0.15, 0.2) is 5.65 Å². The minimum atomic E-state index is 0.890. The third kappa shape index (κ3) is 3.75. The van der Waals surface area contributed by atoms with Gasteiger partial charge in [-0.05, 0) is 75.5 Å². The monoisotopic (exact) mass is 660 g/mol. The first-order valence-corrected chi connectivity index (χ1v) is 17.8. The summed E-state index contributed by atoms with van der Waals surface area (Å²) >= 11 is 0. The molecule has 0 aliphatic heterocycles. The molecule has 0 atom stereocenters. The Kier molecular flexibility index (Phi) is 5.47. The Morgan fingerprint density at radius 2 is 0.981 bits per heavy atom. The average molecular weight is 661 g/mol. The largest absolute Gasteiger partial charge is 0.309 e. The highest BCUT2D eigenvalue weighted by molar-refractivity contribution is 6.29. The molecule has 12 aromatic rings. The first-order valence-electron chi connectivity index (χ1n) is 17.8. The number of para-hydroxylation sites is 2. The molecule has 0 spiro atoms. The van der Waals surface area contributed by atoms with E-state index in [0.29, 0.717) is 0 Å². The number of hydrogen-bond acceptors (Lipinski definition) is 2. The van der Waals surface area contributed by atoms with E-state index in [2.05, 4.69) is 167 Å². The number of hydrogen-bond donors (Lipinski definition) is 0. The minimum Gasteiger partial charge on any atom is -0.309 e. The lowest BCUT2D eigenvalue weighted by molar-refractivity contribution is 1.19. The molecule has 0 radical (unpaired) electrons. The van der Waals surface area contributed by atoms with Crippen LogP contribution in [0.5, 0.6) is 0 Å². The molecule has 4 heterocycles. The van der Waals surface area contributed by atoms with Crippen LogP contribution in [0.1, 0.15) is 0 Å². The van der Waals surface area contributed by atoms with Gasteiger partial charge in [0.2, 0.25) is 0 Å². The molecule has 4 aromatic heterocycles. The number of aromatic nitrogens is 4. The molecular formula is C48H28N4. The van der Waals surface area contributed by atoms with Crippen LogP contribution in [0, 0.1) is 0 Å². The summed E-state index contributed by atoms with van der Waals surface area (Å²) in [5, 5.41) is 8.47. The molecule has 0 amide bonds. The molecule has 0 unspecified atom stereocenters. The first kappa shape index (κ1) is 27.7. The van der Waals surface area contributed by atoms with Crippen LogP contribution < -0.4 is 0 Å². The fourth-order valence-corrected chi connectivity index (χ4v) is 8.67. The van der Waals surface area contributed by atoms with Crippen molar-refractivity contribution in [3.05, 3.63) is 170 Å². The Morgan fingerprint density at radius 1 is 0.385 bits per heavy atom. The highest BCUT2D eigenvalue weighted by Crippen LogP contribution is 2.44. The second-order valence-electron chi connectivity index (χ2n) is 13.8. The zero-order valence-electron chi connectivity index (χ0n) is 28.0. The lowest BCUT2D eigenvalue weighted by Crippen LogP contribution is -1.95. The van der Waals surface area contributed by atoms with Crippen molar-refractivity contribution in [2.75, 3.05) is 0 Å². The topological polar surface area (TPSA) is 35.1 Å². The molecule has 240 valence electrons. The fourth-order valence-electron chi connectivity index (χ4n) is 8.67. The molecule has 0 bridgehead atoms. The van der Waals surface area contributed by atoms with Gasteiger partial charge in [-0.15, -0.1) is 0 Å². The molecule has 0 saturated heterocycles. The van der Waals surface area contributed by atoms with E-state index >= 15 is 0 Å². The maximum atomic E-state index is 5.30. The average Bonchev–Trinajstić information content (AvgIpc) is 3.84. The summed E-state index contributed by atoms with van der Waals surface area (Å²) in [6.07, 6.45) is 0. The van der Waals surface area contributed by atoms with Crippen LogP contribution >= 0.6 is 0 Å². The van der Waals surface area contributed by atoms with Crippen molar-refractivity contribution in [1.29, 1.82) is 0 Å². The summed E-state index contributed by atoms with van der Waals surface area (Å²) in [6.45, 7) is 0. The number of rotatable bonds is 3. The van der Waals surface area contributed by atoms with Gasteiger partial charge in [0.25, 0.3) is 0 Å². The maximum absolute atomic E-state index is 5.30. The van der Waals surface area contributed by atoms with Gasteiger partial charge in [-0.25, -0.2) is 9.97 Å². The van der Waals surface area contributed by atoms with Gasteiger partial charge in [0.1, 0.15) is 5.52 Å². The van der Waals surface area contributed by atoms with Crippen LogP contribution in [-0.4, -0.2) is 18.9 Å². The zero-order chi connectivity index (χ0) is 33.9. The van der Waals surface area contributed by atoms with E-state index in [1.807, 2.05) is 12.1 Å². The van der Waals surface area contributed by atoms with Crippen LogP contribution in [0.2, 0.25) is 0 Å².